The molecule has 1 heterocycles. The number of carbonyl (C=O) groups excluding carboxylic acids is 1. The molecule has 6 atom stereocenters. The van der Waals surface area contributed by atoms with Crippen LogP contribution in [0.4, 0.5) is 0 Å². The number of ether oxygens (including phenoxy) is 1. The standard InChI is InChI=1S/C23H38O3/c1-7-16(24)9-13-21(4)14-10-18-22(5)12-8-11-20(2,3)19(22)17(25)15-23(18,6)26-21/h9,13,17-19,25H,7-8,10-12,14-15H2,1-6H3/b13-9+/t17-,18+,19-,21-,22+,23+/m0/s1. The Balaban J connectivity index is 1.90. The average Bonchev–Trinajstić information content (AvgIpc) is 2.50. The zero-order chi connectivity index (χ0) is 19.4. The lowest BCUT2D eigenvalue weighted by atomic mass is 9.43. The predicted octanol–water partition coefficient (Wildman–Crippen LogP) is 5.06. The van der Waals surface area contributed by atoms with E-state index in [0.29, 0.717) is 24.7 Å². The van der Waals surface area contributed by atoms with Crippen LogP contribution in [-0.4, -0.2) is 28.2 Å². The fourth-order valence-corrected chi connectivity index (χ4v) is 7.12. The molecule has 3 nitrogen and oxygen atoms in total. The van der Waals surface area contributed by atoms with Crippen molar-refractivity contribution >= 4 is 5.78 Å². The van der Waals surface area contributed by atoms with E-state index in [2.05, 4.69) is 34.6 Å². The molecule has 3 rings (SSSR count). The molecule has 0 amide bonds. The van der Waals surface area contributed by atoms with Crippen molar-refractivity contribution in [1.82, 2.24) is 0 Å². The van der Waals surface area contributed by atoms with Gasteiger partial charge >= 0.3 is 0 Å². The molecule has 26 heavy (non-hydrogen) atoms. The molecule has 1 saturated heterocycles. The molecule has 0 aromatic rings. The first-order valence-electron chi connectivity index (χ1n) is 10.6. The van der Waals surface area contributed by atoms with E-state index >= 15 is 0 Å². The Labute approximate surface area is 159 Å². The second kappa shape index (κ2) is 6.44. The van der Waals surface area contributed by atoms with Crippen molar-refractivity contribution in [3.8, 4) is 0 Å². The lowest BCUT2D eigenvalue weighted by molar-refractivity contribution is -0.277. The van der Waals surface area contributed by atoms with Crippen LogP contribution in [0.5, 0.6) is 0 Å². The first-order chi connectivity index (χ1) is 12.0. The minimum absolute atomic E-state index is 0.123. The van der Waals surface area contributed by atoms with Crippen LogP contribution in [-0.2, 0) is 9.53 Å². The molecule has 2 aliphatic carbocycles. The Hall–Kier alpha value is -0.670. The number of hydrogen-bond donors (Lipinski definition) is 1. The van der Waals surface area contributed by atoms with Crippen molar-refractivity contribution in [3.05, 3.63) is 12.2 Å². The van der Waals surface area contributed by atoms with Crippen molar-refractivity contribution in [2.24, 2.45) is 22.7 Å². The lowest BCUT2D eigenvalue weighted by Crippen LogP contribution is -2.66. The smallest absolute Gasteiger partial charge is 0.155 e. The number of hydrogen-bond acceptors (Lipinski definition) is 3. The summed E-state index contributed by atoms with van der Waals surface area (Å²) >= 11 is 0. The Morgan fingerprint density at radius 3 is 2.50 bits per heavy atom. The van der Waals surface area contributed by atoms with Gasteiger partial charge in [0.2, 0.25) is 0 Å². The Morgan fingerprint density at radius 1 is 1.15 bits per heavy atom. The quantitative estimate of drug-likeness (QED) is 0.714. The molecule has 148 valence electrons. The van der Waals surface area contributed by atoms with Crippen molar-refractivity contribution in [2.75, 3.05) is 0 Å². The molecule has 0 bridgehead atoms. The highest BCUT2D eigenvalue weighted by Gasteiger charge is 2.64. The van der Waals surface area contributed by atoms with Gasteiger partial charge in [-0.1, -0.05) is 34.1 Å². The van der Waals surface area contributed by atoms with Gasteiger partial charge in [-0.25, -0.2) is 0 Å². The summed E-state index contributed by atoms with van der Waals surface area (Å²) in [5.41, 5.74) is -0.436. The van der Waals surface area contributed by atoms with E-state index in [1.807, 2.05) is 13.0 Å². The Kier molecular flexibility index (Phi) is 4.98. The summed E-state index contributed by atoms with van der Waals surface area (Å²) in [6, 6.07) is 0. The zero-order valence-corrected chi connectivity index (χ0v) is 17.6. The highest BCUT2D eigenvalue weighted by molar-refractivity contribution is 5.89. The fourth-order valence-electron chi connectivity index (χ4n) is 7.12. The molecule has 0 unspecified atom stereocenters. The molecule has 0 radical (unpaired) electrons. The summed E-state index contributed by atoms with van der Waals surface area (Å²) in [4.78, 5) is 11.7. The van der Waals surface area contributed by atoms with Gasteiger partial charge in [-0.3, -0.25) is 4.79 Å². The maximum atomic E-state index is 11.7. The number of ketones is 1. The van der Waals surface area contributed by atoms with Gasteiger partial charge in [0.25, 0.3) is 0 Å². The minimum atomic E-state index is -0.414. The van der Waals surface area contributed by atoms with E-state index < -0.39 is 5.60 Å². The first-order valence-corrected chi connectivity index (χ1v) is 10.6. The van der Waals surface area contributed by atoms with Gasteiger partial charge < -0.3 is 9.84 Å². The number of allylic oxidation sites excluding steroid dienone is 1. The van der Waals surface area contributed by atoms with E-state index in [-0.39, 0.29) is 28.3 Å². The van der Waals surface area contributed by atoms with Gasteiger partial charge in [-0.05, 0) is 74.3 Å². The zero-order valence-electron chi connectivity index (χ0n) is 17.6. The predicted molar refractivity (Wildman–Crippen MR) is 105 cm³/mol. The van der Waals surface area contributed by atoms with Crippen molar-refractivity contribution in [2.45, 2.75) is 104 Å². The maximum Gasteiger partial charge on any atom is 0.155 e. The number of aliphatic hydroxyl groups excluding tert-OH is 1. The summed E-state index contributed by atoms with van der Waals surface area (Å²) in [6.45, 7) is 13.3. The third-order valence-corrected chi connectivity index (χ3v) is 7.99. The van der Waals surface area contributed by atoms with Gasteiger partial charge in [0.15, 0.2) is 5.78 Å². The van der Waals surface area contributed by atoms with Crippen LogP contribution in [0.25, 0.3) is 0 Å². The molecular formula is C23H38O3. The minimum Gasteiger partial charge on any atom is -0.393 e. The van der Waals surface area contributed by atoms with Crippen LogP contribution in [0.3, 0.4) is 0 Å². The van der Waals surface area contributed by atoms with Crippen LogP contribution in [0.15, 0.2) is 12.2 Å². The van der Waals surface area contributed by atoms with Crippen LogP contribution < -0.4 is 0 Å². The highest BCUT2D eigenvalue weighted by atomic mass is 16.5. The highest BCUT2D eigenvalue weighted by Crippen LogP contribution is 2.65. The monoisotopic (exact) mass is 362 g/mol. The molecule has 1 aliphatic heterocycles. The van der Waals surface area contributed by atoms with E-state index in [4.69, 9.17) is 4.74 Å². The normalized spacial score (nSPS) is 48.0. The topological polar surface area (TPSA) is 46.5 Å². The molecule has 0 aromatic carbocycles. The van der Waals surface area contributed by atoms with Gasteiger partial charge in [-0.15, -0.1) is 0 Å². The van der Waals surface area contributed by atoms with E-state index in [1.165, 1.54) is 19.3 Å². The van der Waals surface area contributed by atoms with Crippen LogP contribution in [0.1, 0.15) is 86.5 Å². The molecule has 3 fully saturated rings. The van der Waals surface area contributed by atoms with Crippen molar-refractivity contribution in [3.63, 3.8) is 0 Å². The second-order valence-electron chi connectivity index (χ2n) is 10.6. The third kappa shape index (κ3) is 3.20. The molecular weight excluding hydrogens is 324 g/mol. The van der Waals surface area contributed by atoms with Crippen LogP contribution in [0.2, 0.25) is 0 Å². The number of aliphatic hydroxyl groups is 1. The maximum absolute atomic E-state index is 11.7. The Bertz CT molecular complexity index is 594. The summed E-state index contributed by atoms with van der Waals surface area (Å²) in [5, 5.41) is 11.2. The average molecular weight is 363 g/mol. The van der Waals surface area contributed by atoms with Crippen LogP contribution >= 0.6 is 0 Å². The summed E-state index contributed by atoms with van der Waals surface area (Å²) < 4.78 is 6.71. The van der Waals surface area contributed by atoms with Gasteiger partial charge in [0.1, 0.15) is 0 Å². The summed E-state index contributed by atoms with van der Waals surface area (Å²) in [6.07, 6.45) is 10.2. The number of rotatable bonds is 3. The largest absolute Gasteiger partial charge is 0.393 e. The van der Waals surface area contributed by atoms with E-state index in [9.17, 15) is 9.90 Å². The van der Waals surface area contributed by atoms with E-state index in [0.717, 1.165) is 12.8 Å². The van der Waals surface area contributed by atoms with Gasteiger partial charge in [-0.2, -0.15) is 0 Å². The van der Waals surface area contributed by atoms with Crippen molar-refractivity contribution < 1.29 is 14.6 Å². The SMILES string of the molecule is CCC(=O)/C=C/[C@@]1(C)CC[C@@H]2[C@@]3(C)CCCC(C)(C)[C@@H]3[C@@H](O)C[C@@]2(C)O1. The molecule has 0 aromatic heterocycles. The molecule has 0 spiro atoms. The van der Waals surface area contributed by atoms with Crippen molar-refractivity contribution in [1.29, 1.82) is 0 Å². The van der Waals surface area contributed by atoms with E-state index in [1.54, 1.807) is 6.08 Å². The third-order valence-electron chi connectivity index (χ3n) is 7.99. The molecule has 3 aliphatic rings. The Morgan fingerprint density at radius 2 is 1.85 bits per heavy atom. The second-order valence-corrected chi connectivity index (χ2v) is 10.6. The fraction of sp³-hybridized carbons (Fsp3) is 0.870. The number of fused-ring (bicyclic) bond motifs is 3. The first kappa shape index (κ1) is 20.1. The molecule has 3 heteroatoms. The number of carbonyl (C=O) groups is 1. The molecule has 2 saturated carbocycles. The molecule has 1 N–H and O–H groups in total. The lowest BCUT2D eigenvalue weighted by Gasteiger charge is -2.66. The van der Waals surface area contributed by atoms with Gasteiger partial charge in [0, 0.05) is 12.8 Å². The van der Waals surface area contributed by atoms with Gasteiger partial charge in [0.05, 0.1) is 17.3 Å². The van der Waals surface area contributed by atoms with Crippen LogP contribution in [0, 0.1) is 22.7 Å². The summed E-state index contributed by atoms with van der Waals surface area (Å²) in [7, 11) is 0. The summed E-state index contributed by atoms with van der Waals surface area (Å²) in [5.74, 6) is 0.949.